The normalized spacial score (nSPS) is 20.3. The van der Waals surface area contributed by atoms with E-state index in [4.69, 9.17) is 0 Å². The first-order chi connectivity index (χ1) is 5.79. The van der Waals surface area contributed by atoms with Crippen LogP contribution in [-0.4, -0.2) is 5.37 Å². The molecule has 1 aromatic carbocycles. The number of thioether (sulfide) groups is 1. The third-order valence-corrected chi connectivity index (χ3v) is 3.18. The maximum absolute atomic E-state index is 3.41. The van der Waals surface area contributed by atoms with Crippen molar-refractivity contribution in [2.24, 2.45) is 0 Å². The summed E-state index contributed by atoms with van der Waals surface area (Å²) in [5.74, 6) is 0. The molecule has 1 atom stereocenters. The Labute approximate surface area is 77.6 Å². The maximum atomic E-state index is 3.41. The van der Waals surface area contributed by atoms with Gasteiger partial charge in [0.1, 0.15) is 0 Å². The summed E-state index contributed by atoms with van der Waals surface area (Å²) < 4.78 is 0. The van der Waals surface area contributed by atoms with Gasteiger partial charge in [-0.05, 0) is 31.0 Å². The van der Waals surface area contributed by atoms with Crippen LogP contribution in [0.5, 0.6) is 0 Å². The fourth-order valence-electron chi connectivity index (χ4n) is 1.44. The third-order valence-electron chi connectivity index (χ3n) is 2.12. The van der Waals surface area contributed by atoms with Crippen LogP contribution in [0.15, 0.2) is 23.1 Å². The number of rotatable bonds is 1. The SMILES string of the molecule is CCc1ccc2c(c1)S[C@@H](C)N2. The molecule has 1 nitrogen and oxygen atoms in total. The van der Waals surface area contributed by atoms with Gasteiger partial charge in [0.25, 0.3) is 0 Å². The molecule has 0 aromatic heterocycles. The molecule has 64 valence electrons. The molecule has 2 rings (SSSR count). The molecule has 1 aliphatic heterocycles. The first-order valence-electron chi connectivity index (χ1n) is 4.35. The molecule has 0 unspecified atom stereocenters. The monoisotopic (exact) mass is 179 g/mol. The van der Waals surface area contributed by atoms with Crippen molar-refractivity contribution in [1.82, 2.24) is 0 Å². The standard InChI is InChI=1S/C10H13NS/c1-3-8-4-5-9-10(6-8)12-7(2)11-9/h4-7,11H,3H2,1-2H3/t7-/m0/s1. The van der Waals surface area contributed by atoms with Crippen LogP contribution in [0.3, 0.4) is 0 Å². The molecule has 0 saturated heterocycles. The quantitative estimate of drug-likeness (QED) is 0.711. The Balaban J connectivity index is 2.35. The summed E-state index contributed by atoms with van der Waals surface area (Å²) in [4.78, 5) is 1.40. The van der Waals surface area contributed by atoms with Crippen molar-refractivity contribution in [2.75, 3.05) is 5.32 Å². The molecule has 2 heteroatoms. The molecular weight excluding hydrogens is 166 g/mol. The summed E-state index contributed by atoms with van der Waals surface area (Å²) in [6, 6.07) is 6.67. The second kappa shape index (κ2) is 3.02. The Bertz CT molecular complexity index is 296. The second-order valence-electron chi connectivity index (χ2n) is 3.09. The Morgan fingerprint density at radius 1 is 1.50 bits per heavy atom. The van der Waals surface area contributed by atoms with Crippen LogP contribution in [0, 0.1) is 0 Å². The topological polar surface area (TPSA) is 12.0 Å². The van der Waals surface area contributed by atoms with Crippen LogP contribution >= 0.6 is 11.8 Å². The van der Waals surface area contributed by atoms with Crippen molar-refractivity contribution >= 4 is 17.4 Å². The predicted molar refractivity (Wildman–Crippen MR) is 54.8 cm³/mol. The van der Waals surface area contributed by atoms with Crippen molar-refractivity contribution in [3.8, 4) is 0 Å². The summed E-state index contributed by atoms with van der Waals surface area (Å²) in [7, 11) is 0. The van der Waals surface area contributed by atoms with E-state index < -0.39 is 0 Å². The number of anilines is 1. The van der Waals surface area contributed by atoms with Crippen molar-refractivity contribution in [3.63, 3.8) is 0 Å². The fraction of sp³-hybridized carbons (Fsp3) is 0.400. The van der Waals surface area contributed by atoms with Gasteiger partial charge in [-0.3, -0.25) is 0 Å². The zero-order valence-corrected chi connectivity index (χ0v) is 8.24. The number of fused-ring (bicyclic) bond motifs is 1. The van der Waals surface area contributed by atoms with E-state index in [1.807, 2.05) is 11.8 Å². The van der Waals surface area contributed by atoms with E-state index >= 15 is 0 Å². The van der Waals surface area contributed by atoms with Gasteiger partial charge in [0.15, 0.2) is 0 Å². The van der Waals surface area contributed by atoms with E-state index in [0.717, 1.165) is 6.42 Å². The zero-order chi connectivity index (χ0) is 8.55. The average Bonchev–Trinajstić information content (AvgIpc) is 2.43. The molecule has 12 heavy (non-hydrogen) atoms. The highest BCUT2D eigenvalue weighted by Crippen LogP contribution is 2.38. The van der Waals surface area contributed by atoms with Crippen LogP contribution in [0.1, 0.15) is 19.4 Å². The molecule has 1 aromatic rings. The van der Waals surface area contributed by atoms with Crippen LogP contribution in [0.4, 0.5) is 5.69 Å². The van der Waals surface area contributed by atoms with Crippen LogP contribution in [-0.2, 0) is 6.42 Å². The highest BCUT2D eigenvalue weighted by Gasteiger charge is 2.16. The lowest BCUT2D eigenvalue weighted by Gasteiger charge is -2.00. The number of hydrogen-bond acceptors (Lipinski definition) is 2. The number of nitrogens with one attached hydrogen (secondary N) is 1. The van der Waals surface area contributed by atoms with E-state index in [2.05, 4.69) is 37.4 Å². The van der Waals surface area contributed by atoms with Gasteiger partial charge in [0.2, 0.25) is 0 Å². The van der Waals surface area contributed by atoms with Crippen LogP contribution < -0.4 is 5.32 Å². The first-order valence-corrected chi connectivity index (χ1v) is 5.23. The molecule has 0 fully saturated rings. The Hall–Kier alpha value is -0.630. The lowest BCUT2D eigenvalue weighted by atomic mass is 10.1. The van der Waals surface area contributed by atoms with Gasteiger partial charge in [-0.15, -0.1) is 0 Å². The molecule has 1 aliphatic rings. The summed E-state index contributed by atoms with van der Waals surface area (Å²) in [5.41, 5.74) is 2.72. The van der Waals surface area contributed by atoms with Crippen molar-refractivity contribution < 1.29 is 0 Å². The van der Waals surface area contributed by atoms with Crippen molar-refractivity contribution in [3.05, 3.63) is 23.8 Å². The predicted octanol–water partition coefficient (Wildman–Crippen LogP) is 3.11. The lowest BCUT2D eigenvalue weighted by molar-refractivity contribution is 1.12. The largest absolute Gasteiger partial charge is 0.372 e. The molecule has 1 N–H and O–H groups in total. The fourth-order valence-corrected chi connectivity index (χ4v) is 2.48. The third kappa shape index (κ3) is 1.31. The van der Waals surface area contributed by atoms with Gasteiger partial charge < -0.3 is 5.32 Å². The molecular formula is C10H13NS. The smallest absolute Gasteiger partial charge is 0.0741 e. The van der Waals surface area contributed by atoms with Gasteiger partial charge in [-0.25, -0.2) is 0 Å². The van der Waals surface area contributed by atoms with E-state index in [1.165, 1.54) is 16.1 Å². The van der Waals surface area contributed by atoms with Crippen molar-refractivity contribution in [2.45, 2.75) is 30.5 Å². The number of aryl methyl sites for hydroxylation is 1. The van der Waals surface area contributed by atoms with Crippen LogP contribution in [0.25, 0.3) is 0 Å². The average molecular weight is 179 g/mol. The summed E-state index contributed by atoms with van der Waals surface area (Å²) >= 11 is 1.91. The minimum atomic E-state index is 0.534. The van der Waals surface area contributed by atoms with Crippen molar-refractivity contribution in [1.29, 1.82) is 0 Å². The highest BCUT2D eigenvalue weighted by molar-refractivity contribution is 8.00. The summed E-state index contributed by atoms with van der Waals surface area (Å²) in [6.07, 6.45) is 1.13. The van der Waals surface area contributed by atoms with E-state index in [-0.39, 0.29) is 0 Å². The summed E-state index contributed by atoms with van der Waals surface area (Å²) in [5, 5.41) is 3.95. The minimum Gasteiger partial charge on any atom is -0.372 e. The number of benzene rings is 1. The molecule has 0 radical (unpaired) electrons. The molecule has 0 saturated carbocycles. The van der Waals surface area contributed by atoms with E-state index in [1.54, 1.807) is 0 Å². The molecule has 0 bridgehead atoms. The molecule has 0 spiro atoms. The minimum absolute atomic E-state index is 0.534. The van der Waals surface area contributed by atoms with Crippen LogP contribution in [0.2, 0.25) is 0 Å². The Morgan fingerprint density at radius 3 is 3.08 bits per heavy atom. The van der Waals surface area contributed by atoms with E-state index in [0.29, 0.717) is 5.37 Å². The Kier molecular flexibility index (Phi) is 2.01. The van der Waals surface area contributed by atoms with Gasteiger partial charge >= 0.3 is 0 Å². The lowest BCUT2D eigenvalue weighted by Crippen LogP contribution is -2.02. The Morgan fingerprint density at radius 2 is 2.33 bits per heavy atom. The molecule has 1 heterocycles. The maximum Gasteiger partial charge on any atom is 0.0741 e. The van der Waals surface area contributed by atoms with Gasteiger partial charge in [0, 0.05) is 10.6 Å². The van der Waals surface area contributed by atoms with Gasteiger partial charge in [-0.2, -0.15) is 0 Å². The molecule has 0 aliphatic carbocycles. The number of hydrogen-bond donors (Lipinski definition) is 1. The summed E-state index contributed by atoms with van der Waals surface area (Å²) in [6.45, 7) is 4.38. The van der Waals surface area contributed by atoms with E-state index in [9.17, 15) is 0 Å². The highest BCUT2D eigenvalue weighted by atomic mass is 32.2. The first kappa shape index (κ1) is 7.99. The zero-order valence-electron chi connectivity index (χ0n) is 7.42. The second-order valence-corrected chi connectivity index (χ2v) is 4.47. The molecule has 0 amide bonds. The van der Waals surface area contributed by atoms with Gasteiger partial charge in [0.05, 0.1) is 5.37 Å². The van der Waals surface area contributed by atoms with Gasteiger partial charge in [-0.1, -0.05) is 24.8 Å².